The average molecular weight is 345 g/mol. The van der Waals surface area contributed by atoms with Crippen LogP contribution < -0.4 is 10.2 Å². The first-order valence-corrected chi connectivity index (χ1v) is 8.72. The number of amides is 3. The Labute approximate surface area is 146 Å². The Morgan fingerprint density at radius 3 is 2.60 bits per heavy atom. The minimum absolute atomic E-state index is 0.0972. The van der Waals surface area contributed by atoms with E-state index >= 15 is 0 Å². The molecule has 3 amide bonds. The molecule has 25 heavy (non-hydrogen) atoms. The smallest absolute Gasteiger partial charge is 0.409 e. The van der Waals surface area contributed by atoms with Gasteiger partial charge in [0.2, 0.25) is 0 Å². The molecule has 0 radical (unpaired) electrons. The molecule has 0 bridgehead atoms. The van der Waals surface area contributed by atoms with E-state index in [0.717, 1.165) is 17.7 Å². The lowest BCUT2D eigenvalue weighted by Crippen LogP contribution is -2.50. The van der Waals surface area contributed by atoms with E-state index in [1.54, 1.807) is 16.7 Å². The maximum absolute atomic E-state index is 12.5. The van der Waals surface area contributed by atoms with Crippen LogP contribution in [0.3, 0.4) is 0 Å². The number of anilines is 1. The molecule has 0 atom stereocenters. The first kappa shape index (κ1) is 17.3. The molecule has 0 spiro atoms. The van der Waals surface area contributed by atoms with Crippen LogP contribution in [0.15, 0.2) is 24.3 Å². The summed E-state index contributed by atoms with van der Waals surface area (Å²) >= 11 is 0. The van der Waals surface area contributed by atoms with Crippen molar-refractivity contribution >= 4 is 23.6 Å². The highest BCUT2D eigenvalue weighted by Gasteiger charge is 2.31. The van der Waals surface area contributed by atoms with Gasteiger partial charge >= 0.3 is 17.9 Å². The van der Waals surface area contributed by atoms with Gasteiger partial charge in [0.25, 0.3) is 0 Å². The maximum Gasteiger partial charge on any atom is 0.409 e. The number of piperidine rings is 1. The van der Waals surface area contributed by atoms with Crippen molar-refractivity contribution in [2.75, 3.05) is 31.1 Å². The standard InChI is InChI=1S/C18H23N3O4/c1-2-25-18(24)20-10-8-14(9-11-20)19-16(22)17(23)21-12-7-13-5-3-4-6-15(13)21/h3-6,14H,2,7-12H2,1H3,(H,19,22). The number of benzene rings is 1. The first-order chi connectivity index (χ1) is 12.1. The molecule has 3 rings (SSSR count). The average Bonchev–Trinajstić information content (AvgIpc) is 3.06. The largest absolute Gasteiger partial charge is 0.450 e. The zero-order valence-electron chi connectivity index (χ0n) is 14.4. The molecule has 0 aromatic heterocycles. The molecular weight excluding hydrogens is 322 g/mol. The molecular formula is C18H23N3O4. The van der Waals surface area contributed by atoms with Gasteiger partial charge in [0.1, 0.15) is 0 Å². The van der Waals surface area contributed by atoms with Gasteiger partial charge in [0.15, 0.2) is 0 Å². The second kappa shape index (κ2) is 7.55. The van der Waals surface area contributed by atoms with Crippen LogP contribution in [0.1, 0.15) is 25.3 Å². The topological polar surface area (TPSA) is 79.0 Å². The number of rotatable bonds is 2. The van der Waals surface area contributed by atoms with Gasteiger partial charge in [-0.1, -0.05) is 18.2 Å². The Kier molecular flexibility index (Phi) is 5.21. The fourth-order valence-electron chi connectivity index (χ4n) is 3.34. The zero-order chi connectivity index (χ0) is 17.8. The van der Waals surface area contributed by atoms with Crippen LogP contribution in [0.2, 0.25) is 0 Å². The van der Waals surface area contributed by atoms with E-state index < -0.39 is 11.8 Å². The van der Waals surface area contributed by atoms with Gasteiger partial charge in [0, 0.05) is 31.4 Å². The molecule has 134 valence electrons. The van der Waals surface area contributed by atoms with Crippen LogP contribution in [0.4, 0.5) is 10.5 Å². The highest BCUT2D eigenvalue weighted by Crippen LogP contribution is 2.27. The predicted molar refractivity (Wildman–Crippen MR) is 92.3 cm³/mol. The van der Waals surface area contributed by atoms with Crippen molar-refractivity contribution in [3.05, 3.63) is 29.8 Å². The fraction of sp³-hybridized carbons (Fsp3) is 0.500. The maximum atomic E-state index is 12.5. The van der Waals surface area contributed by atoms with E-state index in [2.05, 4.69) is 5.32 Å². The first-order valence-electron chi connectivity index (χ1n) is 8.72. The Morgan fingerprint density at radius 1 is 1.16 bits per heavy atom. The van der Waals surface area contributed by atoms with Crippen LogP contribution in [0.25, 0.3) is 0 Å². The molecule has 7 heteroatoms. The van der Waals surface area contributed by atoms with E-state index in [-0.39, 0.29) is 12.1 Å². The van der Waals surface area contributed by atoms with Gasteiger partial charge in [0.05, 0.1) is 6.61 Å². The van der Waals surface area contributed by atoms with Gasteiger partial charge in [-0.15, -0.1) is 0 Å². The molecule has 2 aliphatic heterocycles. The van der Waals surface area contributed by atoms with E-state index in [1.807, 2.05) is 24.3 Å². The number of carbonyl (C=O) groups excluding carboxylic acids is 3. The summed E-state index contributed by atoms with van der Waals surface area (Å²) in [6.45, 7) is 3.69. The molecule has 0 unspecified atom stereocenters. The fourth-order valence-corrected chi connectivity index (χ4v) is 3.34. The third kappa shape index (κ3) is 3.75. The summed E-state index contributed by atoms with van der Waals surface area (Å²) in [5.41, 5.74) is 1.91. The van der Waals surface area contributed by atoms with Crippen LogP contribution in [0, 0.1) is 0 Å². The number of hydrogen-bond acceptors (Lipinski definition) is 4. The number of hydrogen-bond donors (Lipinski definition) is 1. The van der Waals surface area contributed by atoms with Crippen molar-refractivity contribution in [3.8, 4) is 0 Å². The molecule has 1 N–H and O–H groups in total. The highest BCUT2D eigenvalue weighted by molar-refractivity contribution is 6.40. The number of carbonyl (C=O) groups is 3. The summed E-state index contributed by atoms with van der Waals surface area (Å²) in [4.78, 5) is 39.6. The van der Waals surface area contributed by atoms with Crippen LogP contribution in [-0.2, 0) is 20.7 Å². The lowest BCUT2D eigenvalue weighted by Gasteiger charge is -2.31. The van der Waals surface area contributed by atoms with E-state index in [9.17, 15) is 14.4 Å². The normalized spacial score (nSPS) is 17.2. The molecule has 1 aromatic carbocycles. The third-order valence-corrected chi connectivity index (χ3v) is 4.68. The molecule has 0 aliphatic carbocycles. The number of ether oxygens (including phenoxy) is 1. The van der Waals surface area contributed by atoms with E-state index in [1.165, 1.54) is 0 Å². The Balaban J connectivity index is 1.52. The van der Waals surface area contributed by atoms with Crippen molar-refractivity contribution in [3.63, 3.8) is 0 Å². The van der Waals surface area contributed by atoms with E-state index in [0.29, 0.717) is 39.1 Å². The van der Waals surface area contributed by atoms with Crippen molar-refractivity contribution in [1.82, 2.24) is 10.2 Å². The molecule has 1 saturated heterocycles. The Morgan fingerprint density at radius 2 is 1.88 bits per heavy atom. The zero-order valence-corrected chi connectivity index (χ0v) is 14.4. The number of para-hydroxylation sites is 1. The van der Waals surface area contributed by atoms with Gasteiger partial charge in [-0.3, -0.25) is 9.59 Å². The quantitative estimate of drug-likeness (QED) is 0.820. The lowest BCUT2D eigenvalue weighted by atomic mass is 10.1. The molecule has 2 heterocycles. The molecule has 7 nitrogen and oxygen atoms in total. The number of nitrogens with zero attached hydrogens (tertiary/aromatic N) is 2. The van der Waals surface area contributed by atoms with Crippen molar-refractivity contribution in [2.45, 2.75) is 32.2 Å². The molecule has 1 fully saturated rings. The summed E-state index contributed by atoms with van der Waals surface area (Å²) in [7, 11) is 0. The summed E-state index contributed by atoms with van der Waals surface area (Å²) in [5, 5.41) is 2.81. The number of likely N-dealkylation sites (tertiary alicyclic amines) is 1. The minimum atomic E-state index is -0.578. The van der Waals surface area contributed by atoms with Gasteiger partial charge in [-0.05, 0) is 37.8 Å². The monoisotopic (exact) mass is 345 g/mol. The van der Waals surface area contributed by atoms with Crippen LogP contribution in [-0.4, -0.2) is 55.1 Å². The van der Waals surface area contributed by atoms with Gasteiger partial charge in [-0.2, -0.15) is 0 Å². The summed E-state index contributed by atoms with van der Waals surface area (Å²) < 4.78 is 4.98. The Hall–Kier alpha value is -2.57. The van der Waals surface area contributed by atoms with Crippen molar-refractivity contribution in [1.29, 1.82) is 0 Å². The second-order valence-corrected chi connectivity index (χ2v) is 6.27. The van der Waals surface area contributed by atoms with Crippen LogP contribution >= 0.6 is 0 Å². The SMILES string of the molecule is CCOC(=O)N1CCC(NC(=O)C(=O)N2CCc3ccccc32)CC1. The summed E-state index contributed by atoms with van der Waals surface area (Å²) in [6.07, 6.45) is 1.69. The van der Waals surface area contributed by atoms with E-state index in [4.69, 9.17) is 4.74 Å². The number of fused-ring (bicyclic) bond motifs is 1. The Bertz CT molecular complexity index is 668. The predicted octanol–water partition coefficient (Wildman–Crippen LogP) is 1.31. The second-order valence-electron chi connectivity index (χ2n) is 6.27. The van der Waals surface area contributed by atoms with Crippen molar-refractivity contribution in [2.24, 2.45) is 0 Å². The summed E-state index contributed by atoms with van der Waals surface area (Å²) in [5.74, 6) is -1.09. The minimum Gasteiger partial charge on any atom is -0.450 e. The summed E-state index contributed by atoms with van der Waals surface area (Å²) in [6, 6.07) is 7.55. The lowest BCUT2D eigenvalue weighted by molar-refractivity contribution is -0.138. The van der Waals surface area contributed by atoms with Gasteiger partial charge in [-0.25, -0.2) is 4.79 Å². The number of nitrogens with one attached hydrogen (secondary N) is 1. The highest BCUT2D eigenvalue weighted by atomic mass is 16.6. The van der Waals surface area contributed by atoms with Crippen molar-refractivity contribution < 1.29 is 19.1 Å². The van der Waals surface area contributed by atoms with Crippen LogP contribution in [0.5, 0.6) is 0 Å². The third-order valence-electron chi connectivity index (χ3n) is 4.68. The molecule has 2 aliphatic rings. The molecule has 1 aromatic rings. The van der Waals surface area contributed by atoms with Gasteiger partial charge < -0.3 is 19.9 Å². The molecule has 0 saturated carbocycles.